The lowest BCUT2D eigenvalue weighted by Crippen LogP contribution is -2.49. The SMILES string of the molecule is CNCC1(CN2CCC(C(F)(F)F)CC2)CCCC(C)C1. The summed E-state index contributed by atoms with van der Waals surface area (Å²) in [6.45, 7) is 5.45. The van der Waals surface area contributed by atoms with Crippen LogP contribution in [0, 0.1) is 17.3 Å². The van der Waals surface area contributed by atoms with Crippen molar-refractivity contribution >= 4 is 0 Å². The summed E-state index contributed by atoms with van der Waals surface area (Å²) in [4.78, 5) is 2.28. The molecule has 1 heterocycles. The summed E-state index contributed by atoms with van der Waals surface area (Å²) in [7, 11) is 1.98. The van der Waals surface area contributed by atoms with Gasteiger partial charge in [-0.1, -0.05) is 19.8 Å². The first-order valence-electron chi connectivity index (χ1n) is 8.28. The Labute approximate surface area is 126 Å². The highest BCUT2D eigenvalue weighted by atomic mass is 19.4. The molecule has 124 valence electrons. The molecular weight excluding hydrogens is 277 g/mol. The number of hydrogen-bond donors (Lipinski definition) is 1. The fraction of sp³-hybridized carbons (Fsp3) is 1.00. The zero-order valence-electron chi connectivity index (χ0n) is 13.3. The first-order valence-corrected chi connectivity index (χ1v) is 8.28. The van der Waals surface area contributed by atoms with Crippen LogP contribution >= 0.6 is 0 Å². The van der Waals surface area contributed by atoms with Crippen LogP contribution in [0.25, 0.3) is 0 Å². The van der Waals surface area contributed by atoms with E-state index in [0.29, 0.717) is 13.1 Å². The molecule has 0 spiro atoms. The molecule has 1 saturated carbocycles. The molecular formula is C16H29F3N2. The van der Waals surface area contributed by atoms with Crippen LogP contribution in [0.4, 0.5) is 13.2 Å². The number of likely N-dealkylation sites (tertiary alicyclic amines) is 1. The molecule has 2 fully saturated rings. The van der Waals surface area contributed by atoms with E-state index in [1.165, 1.54) is 25.7 Å². The van der Waals surface area contributed by atoms with E-state index in [4.69, 9.17) is 0 Å². The van der Waals surface area contributed by atoms with E-state index in [9.17, 15) is 13.2 Å². The minimum atomic E-state index is -4.01. The van der Waals surface area contributed by atoms with E-state index in [2.05, 4.69) is 17.1 Å². The molecule has 5 heteroatoms. The van der Waals surface area contributed by atoms with Crippen LogP contribution in [0.5, 0.6) is 0 Å². The summed E-state index contributed by atoms with van der Waals surface area (Å²) < 4.78 is 38.2. The van der Waals surface area contributed by atoms with E-state index in [1.807, 2.05) is 7.05 Å². The van der Waals surface area contributed by atoms with Crippen molar-refractivity contribution in [1.29, 1.82) is 0 Å². The van der Waals surface area contributed by atoms with Crippen LogP contribution in [0.3, 0.4) is 0 Å². The minimum Gasteiger partial charge on any atom is -0.319 e. The molecule has 2 aliphatic rings. The standard InChI is InChI=1S/C16H29F3N2/c1-13-4-3-7-15(10-13,11-20-2)12-21-8-5-14(6-9-21)16(17,18)19/h13-14,20H,3-12H2,1-2H3. The van der Waals surface area contributed by atoms with E-state index in [1.54, 1.807) is 0 Å². The molecule has 1 N–H and O–H groups in total. The van der Waals surface area contributed by atoms with Crippen LogP contribution in [0.15, 0.2) is 0 Å². The van der Waals surface area contributed by atoms with E-state index in [-0.39, 0.29) is 18.3 Å². The van der Waals surface area contributed by atoms with Crippen molar-refractivity contribution in [2.45, 2.75) is 51.6 Å². The molecule has 1 aliphatic heterocycles. The smallest absolute Gasteiger partial charge is 0.319 e. The van der Waals surface area contributed by atoms with E-state index >= 15 is 0 Å². The molecule has 1 saturated heterocycles. The van der Waals surface area contributed by atoms with Gasteiger partial charge in [-0.05, 0) is 57.2 Å². The second kappa shape index (κ2) is 6.86. The third-order valence-corrected chi connectivity index (χ3v) is 5.35. The van der Waals surface area contributed by atoms with Gasteiger partial charge < -0.3 is 10.2 Å². The van der Waals surface area contributed by atoms with E-state index in [0.717, 1.165) is 19.0 Å². The lowest BCUT2D eigenvalue weighted by molar-refractivity contribution is -0.185. The maximum Gasteiger partial charge on any atom is 0.391 e. The summed E-state index contributed by atoms with van der Waals surface area (Å²) in [6, 6.07) is 0. The third-order valence-electron chi connectivity index (χ3n) is 5.35. The Morgan fingerprint density at radius 2 is 1.86 bits per heavy atom. The fourth-order valence-corrected chi connectivity index (χ4v) is 4.40. The normalized spacial score (nSPS) is 33.3. The van der Waals surface area contributed by atoms with Crippen molar-refractivity contribution < 1.29 is 13.2 Å². The monoisotopic (exact) mass is 306 g/mol. The summed E-state index contributed by atoms with van der Waals surface area (Å²) in [5, 5.41) is 3.31. The van der Waals surface area contributed by atoms with Gasteiger partial charge in [0.2, 0.25) is 0 Å². The predicted molar refractivity (Wildman–Crippen MR) is 79.2 cm³/mol. The first kappa shape index (κ1) is 17.1. The van der Waals surface area contributed by atoms with Crippen molar-refractivity contribution in [3.8, 4) is 0 Å². The molecule has 0 amide bonds. The van der Waals surface area contributed by atoms with Crippen LogP contribution in [0.1, 0.15) is 45.4 Å². The fourth-order valence-electron chi connectivity index (χ4n) is 4.40. The molecule has 1 aliphatic carbocycles. The van der Waals surface area contributed by atoms with Crippen LogP contribution < -0.4 is 5.32 Å². The van der Waals surface area contributed by atoms with Gasteiger partial charge in [-0.15, -0.1) is 0 Å². The average molecular weight is 306 g/mol. The topological polar surface area (TPSA) is 15.3 Å². The molecule has 0 radical (unpaired) electrons. The highest BCUT2D eigenvalue weighted by Crippen LogP contribution is 2.41. The number of nitrogens with zero attached hydrogens (tertiary/aromatic N) is 1. The van der Waals surface area contributed by atoms with E-state index < -0.39 is 12.1 Å². The Balaban J connectivity index is 1.90. The third kappa shape index (κ3) is 4.59. The number of hydrogen-bond acceptors (Lipinski definition) is 2. The summed E-state index contributed by atoms with van der Waals surface area (Å²) in [5.41, 5.74) is 0.261. The van der Waals surface area contributed by atoms with Crippen molar-refractivity contribution in [3.05, 3.63) is 0 Å². The minimum absolute atomic E-state index is 0.261. The van der Waals surface area contributed by atoms with Crippen LogP contribution in [-0.2, 0) is 0 Å². The molecule has 2 nitrogen and oxygen atoms in total. The van der Waals surface area contributed by atoms with Gasteiger partial charge in [0.15, 0.2) is 0 Å². The summed E-state index contributed by atoms with van der Waals surface area (Å²) in [5.74, 6) is -0.348. The highest BCUT2D eigenvalue weighted by molar-refractivity contribution is 4.91. The predicted octanol–water partition coefficient (Wildman–Crippen LogP) is 3.68. The summed E-state index contributed by atoms with van der Waals surface area (Å²) >= 11 is 0. The Hall–Kier alpha value is -0.290. The van der Waals surface area contributed by atoms with Gasteiger partial charge in [-0.3, -0.25) is 0 Å². The number of piperidine rings is 1. The second-order valence-corrected chi connectivity index (χ2v) is 7.32. The van der Waals surface area contributed by atoms with Gasteiger partial charge >= 0.3 is 6.18 Å². The maximum absolute atomic E-state index is 12.7. The van der Waals surface area contributed by atoms with Crippen molar-refractivity contribution in [1.82, 2.24) is 10.2 Å². The van der Waals surface area contributed by atoms with Gasteiger partial charge in [0.25, 0.3) is 0 Å². The van der Waals surface area contributed by atoms with Gasteiger partial charge in [0.05, 0.1) is 5.92 Å². The number of rotatable bonds is 4. The maximum atomic E-state index is 12.7. The Kier molecular flexibility index (Phi) is 5.58. The van der Waals surface area contributed by atoms with Crippen molar-refractivity contribution in [3.63, 3.8) is 0 Å². The number of alkyl halides is 3. The number of halogens is 3. The van der Waals surface area contributed by atoms with Crippen LogP contribution in [-0.4, -0.2) is 44.3 Å². The van der Waals surface area contributed by atoms with Gasteiger partial charge in [-0.2, -0.15) is 13.2 Å². The molecule has 2 atom stereocenters. The van der Waals surface area contributed by atoms with Crippen molar-refractivity contribution in [2.75, 3.05) is 33.2 Å². The summed E-state index contributed by atoms with van der Waals surface area (Å²) in [6.07, 6.45) is 1.49. The average Bonchev–Trinajstić information content (AvgIpc) is 2.38. The van der Waals surface area contributed by atoms with Crippen LogP contribution in [0.2, 0.25) is 0 Å². The lowest BCUT2D eigenvalue weighted by atomic mass is 9.69. The van der Waals surface area contributed by atoms with Gasteiger partial charge in [-0.25, -0.2) is 0 Å². The molecule has 0 bridgehead atoms. The van der Waals surface area contributed by atoms with Crippen molar-refractivity contribution in [2.24, 2.45) is 17.3 Å². The first-order chi connectivity index (χ1) is 9.85. The number of nitrogens with one attached hydrogen (secondary N) is 1. The highest BCUT2D eigenvalue weighted by Gasteiger charge is 2.42. The Morgan fingerprint density at radius 1 is 1.19 bits per heavy atom. The van der Waals surface area contributed by atoms with Gasteiger partial charge in [0, 0.05) is 13.1 Å². The molecule has 0 aromatic heterocycles. The molecule has 21 heavy (non-hydrogen) atoms. The lowest BCUT2D eigenvalue weighted by Gasteiger charge is -2.45. The zero-order chi connectivity index (χ0) is 15.5. The second-order valence-electron chi connectivity index (χ2n) is 7.32. The zero-order valence-corrected chi connectivity index (χ0v) is 13.3. The Bertz CT molecular complexity index is 320. The van der Waals surface area contributed by atoms with Gasteiger partial charge in [0.1, 0.15) is 0 Å². The largest absolute Gasteiger partial charge is 0.391 e. The Morgan fingerprint density at radius 3 is 2.38 bits per heavy atom. The quantitative estimate of drug-likeness (QED) is 0.852. The molecule has 2 rings (SSSR count). The molecule has 2 unspecified atom stereocenters. The molecule has 0 aromatic rings. The molecule has 0 aromatic carbocycles.